The fourth-order valence-electron chi connectivity index (χ4n) is 3.93. The summed E-state index contributed by atoms with van der Waals surface area (Å²) in [4.78, 5) is 34.1. The van der Waals surface area contributed by atoms with E-state index in [0.717, 1.165) is 22.3 Å². The molecule has 0 radical (unpaired) electrons. The number of hydrogen-bond acceptors (Lipinski definition) is 7. The minimum Gasteiger partial charge on any atom is -0.496 e. The lowest BCUT2D eigenvalue weighted by atomic mass is 9.97. The van der Waals surface area contributed by atoms with Crippen molar-refractivity contribution in [2.75, 3.05) is 33.9 Å². The minimum atomic E-state index is -1.16. The SMILES string of the molecule is COc1cc(OCc2cccc(-c3ccccc3)c2C)cc(OC)c1CNCC(=O)NCC(=O)NCC(=O)O. The van der Waals surface area contributed by atoms with Gasteiger partial charge in [-0.05, 0) is 29.2 Å². The normalized spacial score (nSPS) is 10.4. The third kappa shape index (κ3) is 8.47. The summed E-state index contributed by atoms with van der Waals surface area (Å²) in [7, 11) is 3.08. The molecule has 0 saturated carbocycles. The molecule has 0 fully saturated rings. The van der Waals surface area contributed by atoms with Crippen molar-refractivity contribution in [1.82, 2.24) is 16.0 Å². The van der Waals surface area contributed by atoms with E-state index in [1.165, 1.54) is 14.2 Å². The van der Waals surface area contributed by atoms with Crippen molar-refractivity contribution < 1.29 is 33.7 Å². The first-order valence-corrected chi connectivity index (χ1v) is 12.3. The molecule has 0 spiro atoms. The summed E-state index contributed by atoms with van der Waals surface area (Å²) >= 11 is 0. The average molecular weight is 536 g/mol. The molecule has 3 aromatic carbocycles. The molecule has 0 heterocycles. The van der Waals surface area contributed by atoms with Crippen LogP contribution in [0.5, 0.6) is 17.2 Å². The molecule has 39 heavy (non-hydrogen) atoms. The third-order valence-corrected chi connectivity index (χ3v) is 5.98. The summed E-state index contributed by atoms with van der Waals surface area (Å²) in [5.74, 6) is -0.552. The third-order valence-electron chi connectivity index (χ3n) is 5.98. The van der Waals surface area contributed by atoms with Gasteiger partial charge in [-0.1, -0.05) is 48.5 Å². The smallest absolute Gasteiger partial charge is 0.322 e. The van der Waals surface area contributed by atoms with E-state index in [0.29, 0.717) is 29.4 Å². The van der Waals surface area contributed by atoms with Crippen molar-refractivity contribution in [3.63, 3.8) is 0 Å². The van der Waals surface area contributed by atoms with Crippen LogP contribution in [0.25, 0.3) is 11.1 Å². The highest BCUT2D eigenvalue weighted by atomic mass is 16.5. The molecule has 4 N–H and O–H groups in total. The van der Waals surface area contributed by atoms with Crippen LogP contribution in [0.2, 0.25) is 0 Å². The van der Waals surface area contributed by atoms with Crippen molar-refractivity contribution in [3.8, 4) is 28.4 Å². The number of benzene rings is 3. The average Bonchev–Trinajstić information content (AvgIpc) is 2.95. The Hall–Kier alpha value is -4.57. The van der Waals surface area contributed by atoms with Gasteiger partial charge in [-0.15, -0.1) is 0 Å². The maximum atomic E-state index is 12.0. The summed E-state index contributed by atoms with van der Waals surface area (Å²) in [5.41, 5.74) is 5.19. The second kappa shape index (κ2) is 14.4. The lowest BCUT2D eigenvalue weighted by molar-refractivity contribution is -0.137. The maximum absolute atomic E-state index is 12.0. The molecule has 0 bridgehead atoms. The zero-order chi connectivity index (χ0) is 28.2. The van der Waals surface area contributed by atoms with Gasteiger partial charge >= 0.3 is 5.97 Å². The molecule has 10 nitrogen and oxygen atoms in total. The first-order valence-electron chi connectivity index (χ1n) is 12.3. The Kier molecular flexibility index (Phi) is 10.7. The van der Waals surface area contributed by atoms with Crippen LogP contribution in [0.1, 0.15) is 16.7 Å². The van der Waals surface area contributed by atoms with Gasteiger partial charge in [0.15, 0.2) is 0 Å². The number of hydrogen-bond donors (Lipinski definition) is 4. The van der Waals surface area contributed by atoms with Crippen molar-refractivity contribution in [2.24, 2.45) is 0 Å². The number of carboxylic acids is 1. The van der Waals surface area contributed by atoms with Crippen LogP contribution in [0.3, 0.4) is 0 Å². The number of carboxylic acid groups (broad SMARTS) is 1. The van der Waals surface area contributed by atoms with Crippen LogP contribution < -0.4 is 30.2 Å². The van der Waals surface area contributed by atoms with Gasteiger partial charge in [0.1, 0.15) is 30.4 Å². The number of aliphatic carboxylic acids is 1. The Bertz CT molecular complexity index is 1270. The van der Waals surface area contributed by atoms with Gasteiger partial charge in [-0.25, -0.2) is 0 Å². The van der Waals surface area contributed by atoms with Crippen LogP contribution in [-0.2, 0) is 27.5 Å². The lowest BCUT2D eigenvalue weighted by Crippen LogP contribution is -2.41. The van der Waals surface area contributed by atoms with Gasteiger partial charge in [-0.3, -0.25) is 14.4 Å². The summed E-state index contributed by atoms with van der Waals surface area (Å²) in [6, 6.07) is 19.9. The molecule has 0 saturated heterocycles. The fraction of sp³-hybridized carbons (Fsp3) is 0.276. The highest BCUT2D eigenvalue weighted by Crippen LogP contribution is 2.35. The molecule has 0 unspecified atom stereocenters. The highest BCUT2D eigenvalue weighted by molar-refractivity contribution is 5.87. The van der Waals surface area contributed by atoms with Crippen molar-refractivity contribution >= 4 is 17.8 Å². The van der Waals surface area contributed by atoms with Gasteiger partial charge in [-0.2, -0.15) is 0 Å². The van der Waals surface area contributed by atoms with E-state index in [1.807, 2.05) is 30.3 Å². The molecule has 10 heteroatoms. The summed E-state index contributed by atoms with van der Waals surface area (Å²) in [6.07, 6.45) is 0. The molecular weight excluding hydrogens is 502 g/mol. The molecule has 0 atom stereocenters. The number of carbonyl (C=O) groups is 3. The first-order chi connectivity index (χ1) is 18.8. The topological polar surface area (TPSA) is 135 Å². The van der Waals surface area contributed by atoms with Crippen molar-refractivity contribution in [1.29, 1.82) is 0 Å². The molecule has 0 aromatic heterocycles. The summed E-state index contributed by atoms with van der Waals surface area (Å²) in [6.45, 7) is 1.79. The van der Waals surface area contributed by atoms with Crippen molar-refractivity contribution in [3.05, 3.63) is 77.4 Å². The van der Waals surface area contributed by atoms with E-state index < -0.39 is 24.3 Å². The molecule has 206 valence electrons. The standard InChI is InChI=1S/C29H33N3O7/c1-19-21(10-7-11-23(19)20-8-5-4-6-9-20)18-39-22-12-25(37-2)24(26(13-22)38-3)14-30-15-27(33)31-16-28(34)32-17-29(35)36/h4-13,30H,14-18H2,1-3H3,(H,31,33)(H,32,34)(H,35,36). The Morgan fingerprint density at radius 3 is 2.10 bits per heavy atom. The zero-order valence-corrected chi connectivity index (χ0v) is 22.2. The Labute approximate surface area is 227 Å². The van der Waals surface area contributed by atoms with Crippen molar-refractivity contribution in [2.45, 2.75) is 20.1 Å². The van der Waals surface area contributed by atoms with Gasteiger partial charge in [0.2, 0.25) is 11.8 Å². The molecule has 0 aliphatic carbocycles. The zero-order valence-electron chi connectivity index (χ0n) is 22.2. The van der Waals surface area contributed by atoms with Gasteiger partial charge < -0.3 is 35.3 Å². The van der Waals surface area contributed by atoms with E-state index in [9.17, 15) is 14.4 Å². The first kappa shape index (κ1) is 29.0. The van der Waals surface area contributed by atoms with E-state index in [1.54, 1.807) is 12.1 Å². The molecule has 3 rings (SSSR count). The number of methoxy groups -OCH3 is 2. The van der Waals surface area contributed by atoms with E-state index in [4.69, 9.17) is 19.3 Å². The van der Waals surface area contributed by atoms with Crippen LogP contribution in [-0.4, -0.2) is 56.7 Å². The highest BCUT2D eigenvalue weighted by Gasteiger charge is 2.15. The molecule has 0 aliphatic rings. The fourth-order valence-corrected chi connectivity index (χ4v) is 3.93. The van der Waals surface area contributed by atoms with E-state index in [2.05, 4.69) is 41.1 Å². The Morgan fingerprint density at radius 2 is 1.46 bits per heavy atom. The Balaban J connectivity index is 1.61. The van der Waals surface area contributed by atoms with E-state index in [-0.39, 0.29) is 19.6 Å². The van der Waals surface area contributed by atoms with Crippen LogP contribution in [0, 0.1) is 6.92 Å². The Morgan fingerprint density at radius 1 is 0.821 bits per heavy atom. The summed E-state index contributed by atoms with van der Waals surface area (Å²) < 4.78 is 17.2. The lowest BCUT2D eigenvalue weighted by Gasteiger charge is -2.17. The van der Waals surface area contributed by atoms with Gasteiger partial charge in [0.25, 0.3) is 0 Å². The van der Waals surface area contributed by atoms with Gasteiger partial charge in [0, 0.05) is 18.7 Å². The second-order valence-corrected chi connectivity index (χ2v) is 8.60. The molecule has 2 amide bonds. The number of amides is 2. The second-order valence-electron chi connectivity index (χ2n) is 8.60. The molecule has 3 aromatic rings. The summed E-state index contributed by atoms with van der Waals surface area (Å²) in [5, 5.41) is 16.2. The molecular formula is C29H33N3O7. The van der Waals surface area contributed by atoms with Gasteiger partial charge in [0.05, 0.1) is 32.9 Å². The number of ether oxygens (including phenoxy) is 3. The molecule has 0 aliphatic heterocycles. The number of rotatable bonds is 14. The quantitative estimate of drug-likeness (QED) is 0.248. The number of nitrogens with one attached hydrogen (secondary N) is 3. The largest absolute Gasteiger partial charge is 0.496 e. The minimum absolute atomic E-state index is 0.0756. The monoisotopic (exact) mass is 535 g/mol. The maximum Gasteiger partial charge on any atom is 0.322 e. The van der Waals surface area contributed by atoms with Crippen LogP contribution >= 0.6 is 0 Å². The number of carbonyl (C=O) groups excluding carboxylic acids is 2. The van der Waals surface area contributed by atoms with Crippen LogP contribution in [0.15, 0.2) is 60.7 Å². The predicted molar refractivity (Wildman–Crippen MR) is 146 cm³/mol. The van der Waals surface area contributed by atoms with E-state index >= 15 is 0 Å². The van der Waals surface area contributed by atoms with Crippen LogP contribution in [0.4, 0.5) is 0 Å². The predicted octanol–water partition coefficient (Wildman–Crippen LogP) is 2.66.